The zero-order valence-electron chi connectivity index (χ0n) is 20.2. The number of aromatic nitrogens is 5. The molecule has 2 N–H and O–H groups in total. The molecule has 0 aliphatic carbocycles. The fourth-order valence-electron chi connectivity index (χ4n) is 3.92. The molecule has 9 nitrogen and oxygen atoms in total. The molecule has 3 aromatic heterocycles. The van der Waals surface area contributed by atoms with Gasteiger partial charge in [-0.3, -0.25) is 4.90 Å². The van der Waals surface area contributed by atoms with Gasteiger partial charge < -0.3 is 15.5 Å². The van der Waals surface area contributed by atoms with Crippen molar-refractivity contribution in [1.82, 2.24) is 34.7 Å². The average Bonchev–Trinajstić information content (AvgIpc) is 2.82. The molecule has 1 aliphatic rings. The third-order valence-corrected chi connectivity index (χ3v) is 5.97. The molecule has 1 saturated heterocycles. The molecule has 1 aromatic carbocycles. The predicted octanol–water partition coefficient (Wildman–Crippen LogP) is 3.87. The van der Waals surface area contributed by atoms with Gasteiger partial charge in [0.25, 0.3) is 0 Å². The summed E-state index contributed by atoms with van der Waals surface area (Å²) in [5, 5.41) is 6.51. The van der Waals surface area contributed by atoms with Crippen molar-refractivity contribution >= 4 is 23.3 Å². The molecule has 35 heavy (non-hydrogen) atoms. The quantitative estimate of drug-likeness (QED) is 0.400. The van der Waals surface area contributed by atoms with Gasteiger partial charge in [-0.25, -0.2) is 19.9 Å². The number of rotatable bonds is 8. The zero-order chi connectivity index (χ0) is 24.2. The largest absolute Gasteiger partial charge is 0.325 e. The maximum Gasteiger partial charge on any atom is 0.229 e. The summed E-state index contributed by atoms with van der Waals surface area (Å²) in [4.78, 5) is 27.1. The van der Waals surface area contributed by atoms with Crippen LogP contribution in [0.3, 0.4) is 0 Å². The number of nitrogens with one attached hydrogen (secondary N) is 2. The molecule has 178 valence electrons. The second-order valence-electron chi connectivity index (χ2n) is 8.95. The van der Waals surface area contributed by atoms with E-state index in [-0.39, 0.29) is 0 Å². The van der Waals surface area contributed by atoms with E-state index in [0.29, 0.717) is 29.5 Å². The normalized spacial score (nSPS) is 14.1. The smallest absolute Gasteiger partial charge is 0.229 e. The number of benzene rings is 1. The van der Waals surface area contributed by atoms with Crippen LogP contribution in [0.5, 0.6) is 0 Å². The van der Waals surface area contributed by atoms with E-state index in [1.54, 1.807) is 24.5 Å². The maximum absolute atomic E-state index is 4.58. The molecule has 5 rings (SSSR count). The minimum Gasteiger partial charge on any atom is -0.325 e. The van der Waals surface area contributed by atoms with Gasteiger partial charge in [0.15, 0.2) is 5.82 Å². The number of likely N-dealkylation sites (tertiary alicyclic amines) is 1. The van der Waals surface area contributed by atoms with E-state index in [2.05, 4.69) is 83.7 Å². The highest BCUT2D eigenvalue weighted by atomic mass is 15.3. The Kier molecular flexibility index (Phi) is 6.60. The summed E-state index contributed by atoms with van der Waals surface area (Å²) in [5.41, 5.74) is 3.89. The molecule has 0 unspecified atom stereocenters. The Morgan fingerprint density at radius 3 is 2.34 bits per heavy atom. The van der Waals surface area contributed by atoms with Gasteiger partial charge in [-0.2, -0.15) is 4.98 Å². The second-order valence-corrected chi connectivity index (χ2v) is 8.95. The monoisotopic (exact) mass is 467 g/mol. The van der Waals surface area contributed by atoms with Crippen molar-refractivity contribution in [3.8, 4) is 11.5 Å². The van der Waals surface area contributed by atoms with E-state index in [4.69, 9.17) is 0 Å². The van der Waals surface area contributed by atoms with Gasteiger partial charge in [-0.05, 0) is 63.0 Å². The summed E-state index contributed by atoms with van der Waals surface area (Å²) >= 11 is 0. The fourth-order valence-corrected chi connectivity index (χ4v) is 3.92. The molecule has 0 spiro atoms. The third kappa shape index (κ3) is 5.76. The van der Waals surface area contributed by atoms with Crippen LogP contribution in [0.2, 0.25) is 0 Å². The van der Waals surface area contributed by atoms with Crippen LogP contribution in [0, 0.1) is 6.92 Å². The lowest BCUT2D eigenvalue weighted by atomic mass is 10.1. The van der Waals surface area contributed by atoms with Gasteiger partial charge in [0, 0.05) is 49.5 Å². The van der Waals surface area contributed by atoms with Crippen LogP contribution in [-0.4, -0.2) is 67.9 Å². The molecule has 0 bridgehead atoms. The van der Waals surface area contributed by atoms with Gasteiger partial charge in [-0.1, -0.05) is 18.2 Å². The van der Waals surface area contributed by atoms with Crippen LogP contribution < -0.4 is 10.6 Å². The van der Waals surface area contributed by atoms with Gasteiger partial charge in [0.1, 0.15) is 17.3 Å². The van der Waals surface area contributed by atoms with Crippen molar-refractivity contribution in [3.05, 3.63) is 78.2 Å². The van der Waals surface area contributed by atoms with Gasteiger partial charge in [-0.15, -0.1) is 0 Å². The van der Waals surface area contributed by atoms with Gasteiger partial charge in [0.2, 0.25) is 5.95 Å². The van der Waals surface area contributed by atoms with Crippen molar-refractivity contribution < 1.29 is 0 Å². The standard InChI is InChI=1S/C26H29N9/c1-18-5-4-6-22(29-18)25-27-13-11-23(32-25)31-24-12-14-28-26(33-24)30-20-9-7-19(8-10-20)15-35-16-21(17-35)34(2)3/h4-14,21H,15-17H2,1-3H3,(H2,27,28,30,31,32,33). The number of pyridine rings is 1. The molecular formula is C26H29N9. The van der Waals surface area contributed by atoms with Crippen LogP contribution in [0.4, 0.5) is 23.3 Å². The number of hydrogen-bond acceptors (Lipinski definition) is 9. The Hall–Kier alpha value is -3.95. The maximum atomic E-state index is 4.58. The summed E-state index contributed by atoms with van der Waals surface area (Å²) in [7, 11) is 4.28. The molecule has 0 radical (unpaired) electrons. The molecule has 4 aromatic rings. The fraction of sp³-hybridized carbons (Fsp3) is 0.269. The number of nitrogens with zero attached hydrogens (tertiary/aromatic N) is 7. The highest BCUT2D eigenvalue weighted by Gasteiger charge is 2.27. The van der Waals surface area contributed by atoms with E-state index in [9.17, 15) is 0 Å². The first-order chi connectivity index (χ1) is 17.0. The zero-order valence-corrected chi connectivity index (χ0v) is 20.2. The summed E-state index contributed by atoms with van der Waals surface area (Å²) in [6.45, 7) is 5.16. The lowest BCUT2D eigenvalue weighted by Gasteiger charge is -2.42. The molecular weight excluding hydrogens is 438 g/mol. The molecule has 0 amide bonds. The Labute approximate surface area is 205 Å². The predicted molar refractivity (Wildman–Crippen MR) is 138 cm³/mol. The van der Waals surface area contributed by atoms with E-state index in [1.165, 1.54) is 5.56 Å². The van der Waals surface area contributed by atoms with Crippen LogP contribution in [0.1, 0.15) is 11.3 Å². The first kappa shape index (κ1) is 22.8. The van der Waals surface area contributed by atoms with Crippen molar-refractivity contribution in [2.24, 2.45) is 0 Å². The van der Waals surface area contributed by atoms with E-state index >= 15 is 0 Å². The minimum absolute atomic E-state index is 0.508. The summed E-state index contributed by atoms with van der Waals surface area (Å²) < 4.78 is 0. The lowest BCUT2D eigenvalue weighted by molar-refractivity contribution is 0.0574. The van der Waals surface area contributed by atoms with Crippen LogP contribution in [0.15, 0.2) is 67.0 Å². The first-order valence-corrected chi connectivity index (χ1v) is 11.6. The Balaban J connectivity index is 1.21. The van der Waals surface area contributed by atoms with Crippen molar-refractivity contribution in [2.45, 2.75) is 19.5 Å². The SMILES string of the molecule is Cc1cccc(-c2nccc(Nc3ccnc(Nc4ccc(CN5CC(N(C)C)C5)cc4)n3)n2)n1. The number of likely N-dealkylation sites (N-methyl/N-ethyl adjacent to an activating group) is 1. The number of aryl methyl sites for hydroxylation is 1. The molecule has 4 heterocycles. The molecule has 0 saturated carbocycles. The minimum atomic E-state index is 0.508. The van der Waals surface area contributed by atoms with Crippen LogP contribution in [-0.2, 0) is 6.54 Å². The van der Waals surface area contributed by atoms with E-state index in [0.717, 1.165) is 36.7 Å². The first-order valence-electron chi connectivity index (χ1n) is 11.6. The Morgan fingerprint density at radius 2 is 1.60 bits per heavy atom. The van der Waals surface area contributed by atoms with Crippen molar-refractivity contribution in [2.75, 3.05) is 37.8 Å². The summed E-state index contributed by atoms with van der Waals surface area (Å²) in [6, 6.07) is 18.5. The molecule has 0 atom stereocenters. The molecule has 9 heteroatoms. The Bertz CT molecular complexity index is 1280. The molecule has 1 aliphatic heterocycles. The lowest BCUT2D eigenvalue weighted by Crippen LogP contribution is -2.56. The second kappa shape index (κ2) is 10.1. The average molecular weight is 468 g/mol. The summed E-state index contributed by atoms with van der Waals surface area (Å²) in [5.74, 6) is 2.33. The van der Waals surface area contributed by atoms with Crippen LogP contribution in [0.25, 0.3) is 11.5 Å². The topological polar surface area (TPSA) is 95.0 Å². The van der Waals surface area contributed by atoms with Crippen molar-refractivity contribution in [3.63, 3.8) is 0 Å². The Morgan fingerprint density at radius 1 is 0.857 bits per heavy atom. The summed E-state index contributed by atoms with van der Waals surface area (Å²) in [6.07, 6.45) is 3.42. The van der Waals surface area contributed by atoms with Crippen molar-refractivity contribution in [1.29, 1.82) is 0 Å². The van der Waals surface area contributed by atoms with Gasteiger partial charge in [0.05, 0.1) is 0 Å². The number of hydrogen-bond donors (Lipinski definition) is 2. The molecule has 1 fully saturated rings. The van der Waals surface area contributed by atoms with Crippen LogP contribution >= 0.6 is 0 Å². The third-order valence-electron chi connectivity index (χ3n) is 5.97. The van der Waals surface area contributed by atoms with E-state index in [1.807, 2.05) is 25.1 Å². The number of anilines is 4. The van der Waals surface area contributed by atoms with E-state index < -0.39 is 0 Å². The van der Waals surface area contributed by atoms with Gasteiger partial charge >= 0.3 is 0 Å². The highest BCUT2D eigenvalue weighted by Crippen LogP contribution is 2.21. The highest BCUT2D eigenvalue weighted by molar-refractivity contribution is 5.59.